The summed E-state index contributed by atoms with van der Waals surface area (Å²) in [5.41, 5.74) is 1.04. The van der Waals surface area contributed by atoms with Crippen molar-refractivity contribution < 1.29 is 22.4 Å². The lowest BCUT2D eigenvalue weighted by atomic mass is 9.96. The molecular formula is C25H28N2O5S. The molecule has 0 spiro atoms. The Morgan fingerprint density at radius 3 is 2.30 bits per heavy atom. The average Bonchev–Trinajstić information content (AvgIpc) is 3.37. The number of ether oxygens (including phenoxy) is 1. The molecule has 1 aliphatic rings. The van der Waals surface area contributed by atoms with E-state index in [0.717, 1.165) is 11.3 Å². The molecule has 4 rings (SSSR count). The molecule has 1 saturated heterocycles. The van der Waals surface area contributed by atoms with Crippen LogP contribution in [0.1, 0.15) is 24.2 Å². The Morgan fingerprint density at radius 2 is 1.70 bits per heavy atom. The standard InChI is InChI=1S/C25H28N2O5S/c1-31-22-9-11-24(12-10-22)33(29,30)27-15-13-21(14-16-27)25(28)26(19-23-8-5-17-32-23)18-20-6-3-2-4-7-20/h2-12,17,21H,13-16,18-19H2,1H3. The minimum absolute atomic E-state index is 0.0248. The van der Waals surface area contributed by atoms with Gasteiger partial charge in [0.25, 0.3) is 0 Å². The Bertz CT molecular complexity index is 1140. The van der Waals surface area contributed by atoms with Gasteiger partial charge < -0.3 is 14.1 Å². The molecule has 0 radical (unpaired) electrons. The number of carbonyl (C=O) groups excluding carboxylic acids is 1. The predicted molar refractivity (Wildman–Crippen MR) is 124 cm³/mol. The number of sulfonamides is 1. The van der Waals surface area contributed by atoms with E-state index in [0.29, 0.717) is 44.8 Å². The molecule has 2 aromatic carbocycles. The molecule has 0 bridgehead atoms. The van der Waals surface area contributed by atoms with Gasteiger partial charge in [-0.1, -0.05) is 30.3 Å². The van der Waals surface area contributed by atoms with Crippen LogP contribution >= 0.6 is 0 Å². The average molecular weight is 469 g/mol. The molecule has 1 aromatic heterocycles. The number of furan rings is 1. The van der Waals surface area contributed by atoms with Gasteiger partial charge in [-0.2, -0.15) is 4.31 Å². The lowest BCUT2D eigenvalue weighted by Gasteiger charge is -2.33. The number of hydrogen-bond acceptors (Lipinski definition) is 5. The summed E-state index contributed by atoms with van der Waals surface area (Å²) in [5, 5.41) is 0. The van der Waals surface area contributed by atoms with E-state index in [1.807, 2.05) is 42.5 Å². The van der Waals surface area contributed by atoms with E-state index in [9.17, 15) is 13.2 Å². The fourth-order valence-electron chi connectivity index (χ4n) is 4.10. The molecule has 0 N–H and O–H groups in total. The van der Waals surface area contributed by atoms with Gasteiger partial charge in [0, 0.05) is 25.6 Å². The number of carbonyl (C=O) groups is 1. The van der Waals surface area contributed by atoms with Gasteiger partial charge in [0.1, 0.15) is 11.5 Å². The molecule has 8 heteroatoms. The van der Waals surface area contributed by atoms with Crippen LogP contribution < -0.4 is 4.74 Å². The Labute approximate surface area is 194 Å². The Balaban J connectivity index is 1.43. The molecule has 2 heterocycles. The fourth-order valence-corrected chi connectivity index (χ4v) is 5.57. The smallest absolute Gasteiger partial charge is 0.243 e. The molecule has 0 aliphatic carbocycles. The van der Waals surface area contributed by atoms with E-state index in [-0.39, 0.29) is 16.7 Å². The van der Waals surface area contributed by atoms with Crippen molar-refractivity contribution in [1.82, 2.24) is 9.21 Å². The third kappa shape index (κ3) is 5.46. The lowest BCUT2D eigenvalue weighted by Crippen LogP contribution is -2.44. The third-order valence-electron chi connectivity index (χ3n) is 5.96. The third-order valence-corrected chi connectivity index (χ3v) is 7.87. The Kier molecular flexibility index (Phi) is 7.15. The number of methoxy groups -OCH3 is 1. The fraction of sp³-hybridized carbons (Fsp3) is 0.320. The molecular weight excluding hydrogens is 440 g/mol. The maximum absolute atomic E-state index is 13.4. The molecule has 7 nitrogen and oxygen atoms in total. The summed E-state index contributed by atoms with van der Waals surface area (Å²) in [6.07, 6.45) is 2.57. The Hall–Kier alpha value is -3.10. The molecule has 0 atom stereocenters. The molecule has 3 aromatic rings. The van der Waals surface area contributed by atoms with Crippen molar-refractivity contribution in [3.05, 3.63) is 84.3 Å². The van der Waals surface area contributed by atoms with Crippen LogP contribution in [0.15, 0.2) is 82.3 Å². The number of piperidine rings is 1. The van der Waals surface area contributed by atoms with Crippen LogP contribution in [0.25, 0.3) is 0 Å². The van der Waals surface area contributed by atoms with Crippen LogP contribution in [-0.2, 0) is 27.9 Å². The monoisotopic (exact) mass is 468 g/mol. The van der Waals surface area contributed by atoms with Gasteiger partial charge in [-0.15, -0.1) is 0 Å². The molecule has 1 amide bonds. The second-order valence-electron chi connectivity index (χ2n) is 8.11. The van der Waals surface area contributed by atoms with Crippen molar-refractivity contribution in [3.63, 3.8) is 0 Å². The van der Waals surface area contributed by atoms with Crippen LogP contribution in [0.2, 0.25) is 0 Å². The van der Waals surface area contributed by atoms with E-state index < -0.39 is 10.0 Å². The highest BCUT2D eigenvalue weighted by molar-refractivity contribution is 7.89. The Morgan fingerprint density at radius 1 is 1.00 bits per heavy atom. The van der Waals surface area contributed by atoms with Gasteiger partial charge in [-0.25, -0.2) is 8.42 Å². The van der Waals surface area contributed by atoms with Gasteiger partial charge in [-0.05, 0) is 54.8 Å². The van der Waals surface area contributed by atoms with Gasteiger partial charge in [-0.3, -0.25) is 4.79 Å². The zero-order valence-corrected chi connectivity index (χ0v) is 19.4. The number of nitrogens with zero attached hydrogens (tertiary/aromatic N) is 2. The van der Waals surface area contributed by atoms with Crippen molar-refractivity contribution in [2.75, 3.05) is 20.2 Å². The summed E-state index contributed by atoms with van der Waals surface area (Å²) in [6.45, 7) is 1.48. The molecule has 33 heavy (non-hydrogen) atoms. The van der Waals surface area contributed by atoms with Gasteiger partial charge in [0.2, 0.25) is 15.9 Å². The van der Waals surface area contributed by atoms with Crippen LogP contribution in [-0.4, -0.2) is 43.7 Å². The minimum Gasteiger partial charge on any atom is -0.497 e. The summed E-state index contributed by atoms with van der Waals surface area (Å²) >= 11 is 0. The van der Waals surface area contributed by atoms with E-state index in [1.165, 1.54) is 11.4 Å². The minimum atomic E-state index is -3.61. The SMILES string of the molecule is COc1ccc(S(=O)(=O)N2CCC(C(=O)N(Cc3ccccc3)Cc3ccco3)CC2)cc1. The van der Waals surface area contributed by atoms with Crippen LogP contribution in [0.4, 0.5) is 0 Å². The van der Waals surface area contributed by atoms with Crippen molar-refractivity contribution in [2.24, 2.45) is 5.92 Å². The van der Waals surface area contributed by atoms with Crippen LogP contribution in [0.3, 0.4) is 0 Å². The largest absolute Gasteiger partial charge is 0.497 e. The molecule has 1 aliphatic heterocycles. The van der Waals surface area contributed by atoms with Crippen molar-refractivity contribution in [2.45, 2.75) is 30.8 Å². The highest BCUT2D eigenvalue weighted by Crippen LogP contribution is 2.27. The second-order valence-corrected chi connectivity index (χ2v) is 10.1. The normalized spacial score (nSPS) is 15.3. The first-order chi connectivity index (χ1) is 16.0. The van der Waals surface area contributed by atoms with Crippen molar-refractivity contribution in [1.29, 1.82) is 0 Å². The first-order valence-electron chi connectivity index (χ1n) is 11.0. The van der Waals surface area contributed by atoms with Crippen molar-refractivity contribution >= 4 is 15.9 Å². The molecule has 174 valence electrons. The first-order valence-corrected chi connectivity index (χ1v) is 12.4. The zero-order chi connectivity index (χ0) is 23.3. The predicted octanol–water partition coefficient (Wildman–Crippen LogP) is 3.92. The summed E-state index contributed by atoms with van der Waals surface area (Å²) in [5.74, 6) is 1.12. The van der Waals surface area contributed by atoms with Crippen molar-refractivity contribution in [3.8, 4) is 5.75 Å². The van der Waals surface area contributed by atoms with E-state index in [1.54, 1.807) is 35.4 Å². The molecule has 0 unspecified atom stereocenters. The number of rotatable bonds is 8. The van der Waals surface area contributed by atoms with E-state index in [4.69, 9.17) is 9.15 Å². The quantitative estimate of drug-likeness (QED) is 0.501. The highest BCUT2D eigenvalue weighted by Gasteiger charge is 2.34. The number of hydrogen-bond donors (Lipinski definition) is 0. The summed E-state index contributed by atoms with van der Waals surface area (Å²) in [4.78, 5) is 15.5. The first kappa shape index (κ1) is 23.1. The van der Waals surface area contributed by atoms with Crippen LogP contribution in [0, 0.1) is 5.92 Å². The molecule has 1 fully saturated rings. The zero-order valence-electron chi connectivity index (χ0n) is 18.6. The van der Waals surface area contributed by atoms with Gasteiger partial charge in [0.15, 0.2) is 0 Å². The van der Waals surface area contributed by atoms with Gasteiger partial charge >= 0.3 is 0 Å². The van der Waals surface area contributed by atoms with Gasteiger partial charge in [0.05, 0.1) is 24.8 Å². The van der Waals surface area contributed by atoms with E-state index >= 15 is 0 Å². The summed E-state index contributed by atoms with van der Waals surface area (Å²) < 4.78 is 38.1. The summed E-state index contributed by atoms with van der Waals surface area (Å²) in [6, 6.07) is 19.9. The molecule has 0 saturated carbocycles. The topological polar surface area (TPSA) is 80.1 Å². The number of amides is 1. The van der Waals surface area contributed by atoms with E-state index in [2.05, 4.69) is 0 Å². The highest BCUT2D eigenvalue weighted by atomic mass is 32.2. The lowest BCUT2D eigenvalue weighted by molar-refractivity contribution is -0.138. The number of benzene rings is 2. The summed E-state index contributed by atoms with van der Waals surface area (Å²) in [7, 11) is -2.07. The second kappa shape index (κ2) is 10.2. The maximum Gasteiger partial charge on any atom is 0.243 e. The van der Waals surface area contributed by atoms with Crippen LogP contribution in [0.5, 0.6) is 5.75 Å². The maximum atomic E-state index is 13.4.